The van der Waals surface area contributed by atoms with Crippen LogP contribution in [0.25, 0.3) is 0 Å². The van der Waals surface area contributed by atoms with Crippen LogP contribution in [0, 0.1) is 0 Å². The van der Waals surface area contributed by atoms with E-state index in [1.165, 1.54) is 30.2 Å². The van der Waals surface area contributed by atoms with Crippen molar-refractivity contribution in [1.29, 1.82) is 0 Å². The number of thioether (sulfide) groups is 1. The molecular weight excluding hydrogens is 294 g/mol. The van der Waals surface area contributed by atoms with Crippen molar-refractivity contribution < 1.29 is 14.6 Å². The monoisotopic (exact) mass is 309 g/mol. The molecule has 0 aromatic carbocycles. The third kappa shape index (κ3) is 6.61. The van der Waals surface area contributed by atoms with Gasteiger partial charge in [-0.25, -0.2) is 0 Å². The molecule has 102 valence electrons. The number of rotatable bonds is 8. The molecule has 0 aliphatic heterocycles. The molecule has 1 aromatic rings. The summed E-state index contributed by atoms with van der Waals surface area (Å²) in [4.78, 5) is 12.6. The summed E-state index contributed by atoms with van der Waals surface area (Å²) < 4.78 is 5.52. The van der Waals surface area contributed by atoms with Crippen molar-refractivity contribution in [2.45, 2.75) is 11.9 Å². The van der Waals surface area contributed by atoms with Crippen molar-refractivity contribution >= 4 is 40.6 Å². The van der Waals surface area contributed by atoms with Crippen LogP contribution >= 0.6 is 34.7 Å². The normalized spacial score (nSPS) is 12.4. The maximum atomic E-state index is 11.4. The first kappa shape index (κ1) is 15.8. The molecule has 0 fully saturated rings. The van der Waals surface area contributed by atoms with Crippen LogP contribution in [0.5, 0.6) is 0 Å². The lowest BCUT2D eigenvalue weighted by molar-refractivity contribution is -0.119. The van der Waals surface area contributed by atoms with Crippen LogP contribution in [0.15, 0.2) is 12.1 Å². The Hall–Kier alpha value is -0.270. The predicted octanol–water partition coefficient (Wildman–Crippen LogP) is 1.76. The highest BCUT2D eigenvalue weighted by Crippen LogP contribution is 2.24. The van der Waals surface area contributed by atoms with Gasteiger partial charge in [0.1, 0.15) is 0 Å². The Morgan fingerprint density at radius 1 is 1.67 bits per heavy atom. The molecule has 0 aliphatic rings. The summed E-state index contributed by atoms with van der Waals surface area (Å²) in [7, 11) is 1.51. The number of hydrogen-bond acceptors (Lipinski definition) is 5. The van der Waals surface area contributed by atoms with E-state index in [9.17, 15) is 9.90 Å². The van der Waals surface area contributed by atoms with Gasteiger partial charge in [0.25, 0.3) is 0 Å². The van der Waals surface area contributed by atoms with Crippen LogP contribution in [0.2, 0.25) is 4.34 Å². The van der Waals surface area contributed by atoms with E-state index >= 15 is 0 Å². The van der Waals surface area contributed by atoms with Gasteiger partial charge in [-0.15, -0.1) is 23.1 Å². The third-order valence-electron chi connectivity index (χ3n) is 2.00. The lowest BCUT2D eigenvalue weighted by Crippen LogP contribution is -2.35. The number of halogens is 1. The Labute approximate surface area is 120 Å². The first-order chi connectivity index (χ1) is 8.61. The minimum atomic E-state index is -0.653. The van der Waals surface area contributed by atoms with Crippen molar-refractivity contribution in [3.63, 3.8) is 0 Å². The second kappa shape index (κ2) is 8.77. The van der Waals surface area contributed by atoms with Crippen LogP contribution < -0.4 is 5.32 Å². The average molecular weight is 310 g/mol. The Kier molecular flexibility index (Phi) is 7.69. The van der Waals surface area contributed by atoms with E-state index < -0.39 is 6.10 Å². The van der Waals surface area contributed by atoms with Gasteiger partial charge in [-0.2, -0.15) is 0 Å². The molecule has 1 rings (SSSR count). The van der Waals surface area contributed by atoms with Gasteiger partial charge in [0.15, 0.2) is 0 Å². The number of nitrogens with one attached hydrogen (secondary N) is 1. The number of carbonyl (C=O) groups excluding carboxylic acids is 1. The van der Waals surface area contributed by atoms with Gasteiger partial charge in [0.2, 0.25) is 5.91 Å². The second-order valence-corrected chi connectivity index (χ2v) is 6.40. The molecule has 0 bridgehead atoms. The van der Waals surface area contributed by atoms with E-state index in [0.717, 1.165) is 15.0 Å². The van der Waals surface area contributed by atoms with Gasteiger partial charge in [0.05, 0.1) is 22.8 Å². The highest BCUT2D eigenvalue weighted by Gasteiger charge is 2.07. The van der Waals surface area contributed by atoms with Crippen molar-refractivity contribution in [3.05, 3.63) is 21.3 Å². The largest absolute Gasteiger partial charge is 0.389 e. The number of thiophene rings is 1. The number of hydrogen-bond donors (Lipinski definition) is 2. The topological polar surface area (TPSA) is 58.6 Å². The first-order valence-corrected chi connectivity index (χ1v) is 7.72. The van der Waals surface area contributed by atoms with Gasteiger partial charge >= 0.3 is 0 Å². The fourth-order valence-electron chi connectivity index (χ4n) is 1.21. The zero-order valence-electron chi connectivity index (χ0n) is 10.0. The summed E-state index contributed by atoms with van der Waals surface area (Å²) in [6.45, 7) is 0.444. The van der Waals surface area contributed by atoms with Crippen molar-refractivity contribution in [2.75, 3.05) is 26.0 Å². The molecular formula is C11H16ClNO3S2. The Morgan fingerprint density at radius 2 is 2.44 bits per heavy atom. The predicted molar refractivity (Wildman–Crippen MR) is 76.4 cm³/mol. The molecule has 0 spiro atoms. The molecule has 1 unspecified atom stereocenters. The van der Waals surface area contributed by atoms with E-state index in [1.807, 2.05) is 12.1 Å². The van der Waals surface area contributed by atoms with Gasteiger partial charge in [-0.05, 0) is 12.1 Å². The van der Waals surface area contributed by atoms with Gasteiger partial charge in [-0.1, -0.05) is 11.6 Å². The van der Waals surface area contributed by atoms with E-state index in [0.29, 0.717) is 5.75 Å². The lowest BCUT2D eigenvalue weighted by atomic mass is 10.4. The average Bonchev–Trinajstić information content (AvgIpc) is 2.73. The Morgan fingerprint density at radius 3 is 3.06 bits per heavy atom. The summed E-state index contributed by atoms with van der Waals surface area (Å²) in [5, 5.41) is 12.0. The molecule has 1 amide bonds. The van der Waals surface area contributed by atoms with Crippen LogP contribution in [0.1, 0.15) is 4.88 Å². The minimum Gasteiger partial charge on any atom is -0.389 e. The van der Waals surface area contributed by atoms with Crippen molar-refractivity contribution in [2.24, 2.45) is 0 Å². The fourth-order valence-corrected chi connectivity index (χ4v) is 3.26. The maximum Gasteiger partial charge on any atom is 0.230 e. The van der Waals surface area contributed by atoms with E-state index in [1.54, 1.807) is 0 Å². The Bertz CT molecular complexity index is 373. The highest BCUT2D eigenvalue weighted by molar-refractivity contribution is 7.99. The van der Waals surface area contributed by atoms with Crippen LogP contribution in [0.3, 0.4) is 0 Å². The molecule has 2 N–H and O–H groups in total. The summed E-state index contributed by atoms with van der Waals surface area (Å²) in [5.41, 5.74) is 0. The summed E-state index contributed by atoms with van der Waals surface area (Å²) in [5.74, 6) is 1.05. The molecule has 0 saturated carbocycles. The summed E-state index contributed by atoms with van der Waals surface area (Å²) in [6.07, 6.45) is -0.653. The molecule has 18 heavy (non-hydrogen) atoms. The zero-order valence-corrected chi connectivity index (χ0v) is 12.4. The van der Waals surface area contributed by atoms with Gasteiger partial charge < -0.3 is 15.2 Å². The van der Waals surface area contributed by atoms with Crippen LogP contribution in [-0.4, -0.2) is 43.1 Å². The maximum absolute atomic E-state index is 11.4. The number of aliphatic hydroxyl groups excluding tert-OH is 1. The molecule has 1 heterocycles. The number of aliphatic hydroxyl groups is 1. The van der Waals surface area contributed by atoms with E-state index in [2.05, 4.69) is 5.32 Å². The summed E-state index contributed by atoms with van der Waals surface area (Å²) in [6, 6.07) is 3.81. The van der Waals surface area contributed by atoms with Gasteiger partial charge in [0, 0.05) is 24.3 Å². The number of amides is 1. The minimum absolute atomic E-state index is 0.0854. The lowest BCUT2D eigenvalue weighted by Gasteiger charge is -2.10. The molecule has 0 aliphatic carbocycles. The molecule has 1 aromatic heterocycles. The number of carbonyl (C=O) groups is 1. The standard InChI is InChI=1S/C11H16ClNO3S2/c1-16-5-8(14)4-13-11(15)7-17-6-9-2-3-10(12)18-9/h2-3,8,14H,4-7H2,1H3,(H,13,15). The Balaban J connectivity index is 2.10. The summed E-state index contributed by atoms with van der Waals surface area (Å²) >= 11 is 8.85. The van der Waals surface area contributed by atoms with Crippen LogP contribution in [0.4, 0.5) is 0 Å². The molecule has 4 nitrogen and oxygen atoms in total. The van der Waals surface area contributed by atoms with Crippen molar-refractivity contribution in [3.8, 4) is 0 Å². The van der Waals surface area contributed by atoms with Gasteiger partial charge in [-0.3, -0.25) is 4.79 Å². The number of methoxy groups -OCH3 is 1. The first-order valence-electron chi connectivity index (χ1n) is 5.37. The zero-order chi connectivity index (χ0) is 13.4. The van der Waals surface area contributed by atoms with Crippen LogP contribution in [-0.2, 0) is 15.3 Å². The molecule has 0 saturated heterocycles. The third-order valence-corrected chi connectivity index (χ3v) is 4.40. The quantitative estimate of drug-likeness (QED) is 0.768. The molecule has 0 radical (unpaired) electrons. The van der Waals surface area contributed by atoms with E-state index in [4.69, 9.17) is 16.3 Å². The fraction of sp³-hybridized carbons (Fsp3) is 0.545. The smallest absolute Gasteiger partial charge is 0.230 e. The SMILES string of the molecule is COCC(O)CNC(=O)CSCc1ccc(Cl)s1. The highest BCUT2D eigenvalue weighted by atomic mass is 35.5. The second-order valence-electron chi connectivity index (χ2n) is 3.61. The van der Waals surface area contributed by atoms with Crippen molar-refractivity contribution in [1.82, 2.24) is 5.32 Å². The molecule has 1 atom stereocenters. The number of ether oxygens (including phenoxy) is 1. The van der Waals surface area contributed by atoms with E-state index in [-0.39, 0.29) is 19.1 Å². The molecule has 7 heteroatoms.